The van der Waals surface area contributed by atoms with E-state index < -0.39 is 0 Å². The quantitative estimate of drug-likeness (QED) is 0.430. The molecule has 0 radical (unpaired) electrons. The van der Waals surface area contributed by atoms with Crippen LogP contribution in [-0.2, 0) is 0 Å². The molecule has 0 spiro atoms. The third kappa shape index (κ3) is 3.68. The van der Waals surface area contributed by atoms with Gasteiger partial charge in [0.15, 0.2) is 0 Å². The summed E-state index contributed by atoms with van der Waals surface area (Å²) in [5, 5.41) is 3.15. The summed E-state index contributed by atoms with van der Waals surface area (Å²) in [5.41, 5.74) is 5.94. The van der Waals surface area contributed by atoms with Gasteiger partial charge in [-0.15, -0.1) is 0 Å². The Morgan fingerprint density at radius 2 is 1.62 bits per heavy atom. The maximum atomic E-state index is 13.1. The number of aromatic amines is 3. The van der Waals surface area contributed by atoms with Gasteiger partial charge in [0.2, 0.25) is 0 Å². The number of hydrogen-bond donors (Lipinski definition) is 3. The normalized spacial score (nSPS) is 14.6. The monoisotopic (exact) mass is 430 g/mol. The van der Waals surface area contributed by atoms with Crippen molar-refractivity contribution in [3.05, 3.63) is 74.1 Å². The van der Waals surface area contributed by atoms with Crippen molar-refractivity contribution in [1.29, 1.82) is 0 Å². The lowest BCUT2D eigenvalue weighted by molar-refractivity contribution is 0.578. The van der Waals surface area contributed by atoms with Gasteiger partial charge in [-0.2, -0.15) is 0 Å². The molecule has 0 unspecified atom stereocenters. The van der Waals surface area contributed by atoms with Gasteiger partial charge in [0.25, 0.3) is 5.56 Å². The summed E-state index contributed by atoms with van der Waals surface area (Å²) in [5.74, 6) is 0. The highest BCUT2D eigenvalue weighted by atomic mass is 16.1. The molecule has 5 rings (SSSR count). The molecular formula is C24H26N6O2. The minimum Gasteiger partial charge on any atom is -0.370 e. The predicted octanol–water partition coefficient (Wildman–Crippen LogP) is 3.69. The van der Waals surface area contributed by atoms with Gasteiger partial charge in [0.1, 0.15) is 0 Å². The van der Waals surface area contributed by atoms with Gasteiger partial charge in [-0.1, -0.05) is 17.7 Å². The van der Waals surface area contributed by atoms with Gasteiger partial charge in [-0.3, -0.25) is 14.9 Å². The Morgan fingerprint density at radius 1 is 0.938 bits per heavy atom. The van der Waals surface area contributed by atoms with Gasteiger partial charge < -0.3 is 14.9 Å². The molecule has 2 aromatic heterocycles. The molecule has 3 heterocycles. The zero-order valence-electron chi connectivity index (χ0n) is 18.2. The lowest BCUT2D eigenvalue weighted by atomic mass is 10.1. The zero-order chi connectivity index (χ0) is 22.2. The number of rotatable bonds is 4. The topological polar surface area (TPSA) is 102 Å². The maximum Gasteiger partial charge on any atom is 0.323 e. The van der Waals surface area contributed by atoms with E-state index in [1.54, 1.807) is 6.21 Å². The van der Waals surface area contributed by atoms with Crippen LogP contribution < -0.4 is 16.1 Å². The number of nitrogens with one attached hydrogen (secondary N) is 3. The molecule has 32 heavy (non-hydrogen) atoms. The van der Waals surface area contributed by atoms with Crippen molar-refractivity contribution >= 4 is 28.6 Å². The van der Waals surface area contributed by atoms with Crippen LogP contribution in [0, 0.1) is 13.8 Å². The van der Waals surface area contributed by atoms with E-state index in [1.807, 2.05) is 50.2 Å². The highest BCUT2D eigenvalue weighted by Crippen LogP contribution is 2.33. The van der Waals surface area contributed by atoms with Crippen molar-refractivity contribution in [3.63, 3.8) is 0 Å². The number of H-pyrrole nitrogens is 3. The molecule has 0 saturated carbocycles. The summed E-state index contributed by atoms with van der Waals surface area (Å²) < 4.78 is 1.54. The molecule has 3 N–H and O–H groups in total. The summed E-state index contributed by atoms with van der Waals surface area (Å²) >= 11 is 0. The Hall–Kier alpha value is -3.81. The average Bonchev–Trinajstić information content (AvgIpc) is 3.30. The number of anilines is 1. The molecule has 4 aromatic rings. The van der Waals surface area contributed by atoms with Crippen LogP contribution in [0.1, 0.15) is 36.1 Å². The largest absolute Gasteiger partial charge is 0.370 e. The number of aliphatic imine (C=N–C) groups is 1. The maximum absolute atomic E-state index is 13.1. The van der Waals surface area contributed by atoms with E-state index in [1.165, 1.54) is 11.1 Å². The van der Waals surface area contributed by atoms with Crippen LogP contribution in [0.4, 0.5) is 11.4 Å². The van der Waals surface area contributed by atoms with Gasteiger partial charge in [-0.05, 0) is 57.4 Å². The standard InChI is InChI=1S/C24H26N6O2/c1-15-6-8-17(9-7-15)30-23(31)18(16(2)28-30)14-25-21-12-19-20(27-24(32)26-19)13-22(21)29-10-4-3-5-11-29/h6-9,12-14,28H,3-5,10-11H2,1-2H3,(H2,26,27,32). The first-order valence-corrected chi connectivity index (χ1v) is 10.9. The molecule has 0 atom stereocenters. The number of aromatic nitrogens is 4. The second-order valence-electron chi connectivity index (χ2n) is 8.40. The molecule has 164 valence electrons. The first-order valence-electron chi connectivity index (χ1n) is 10.9. The fourth-order valence-electron chi connectivity index (χ4n) is 4.27. The van der Waals surface area contributed by atoms with Crippen LogP contribution in [0.2, 0.25) is 0 Å². The van der Waals surface area contributed by atoms with E-state index in [4.69, 9.17) is 4.99 Å². The highest BCUT2D eigenvalue weighted by Gasteiger charge is 2.17. The van der Waals surface area contributed by atoms with Crippen LogP contribution in [0.3, 0.4) is 0 Å². The van der Waals surface area contributed by atoms with E-state index in [-0.39, 0.29) is 11.2 Å². The summed E-state index contributed by atoms with van der Waals surface area (Å²) in [6.07, 6.45) is 5.10. The van der Waals surface area contributed by atoms with Crippen molar-refractivity contribution in [2.75, 3.05) is 18.0 Å². The van der Waals surface area contributed by atoms with Crippen molar-refractivity contribution < 1.29 is 0 Å². The Bertz CT molecular complexity index is 1410. The average molecular weight is 431 g/mol. The number of benzene rings is 2. The van der Waals surface area contributed by atoms with Gasteiger partial charge >= 0.3 is 5.69 Å². The first kappa shape index (κ1) is 20.1. The minimum absolute atomic E-state index is 0.147. The van der Waals surface area contributed by atoms with Crippen LogP contribution in [0.25, 0.3) is 16.7 Å². The van der Waals surface area contributed by atoms with Crippen molar-refractivity contribution in [3.8, 4) is 5.69 Å². The predicted molar refractivity (Wildman–Crippen MR) is 128 cm³/mol. The van der Waals surface area contributed by atoms with Crippen molar-refractivity contribution in [2.24, 2.45) is 4.99 Å². The number of fused-ring (bicyclic) bond motifs is 1. The van der Waals surface area contributed by atoms with Crippen LogP contribution in [-0.4, -0.2) is 39.1 Å². The van der Waals surface area contributed by atoms with Gasteiger partial charge in [-0.25, -0.2) is 9.48 Å². The van der Waals surface area contributed by atoms with E-state index in [0.29, 0.717) is 11.1 Å². The Balaban J connectivity index is 1.57. The molecule has 1 fully saturated rings. The number of aryl methyl sites for hydroxylation is 2. The van der Waals surface area contributed by atoms with E-state index in [2.05, 4.69) is 20.0 Å². The summed E-state index contributed by atoms with van der Waals surface area (Å²) in [6, 6.07) is 11.6. The molecule has 1 aliphatic heterocycles. The Morgan fingerprint density at radius 3 is 2.34 bits per heavy atom. The molecule has 8 heteroatoms. The molecule has 0 bridgehead atoms. The summed E-state index contributed by atoms with van der Waals surface area (Å²) in [6.45, 7) is 5.78. The molecular weight excluding hydrogens is 404 g/mol. The molecule has 2 aromatic carbocycles. The number of imidazole rings is 1. The lowest BCUT2D eigenvalue weighted by Gasteiger charge is -2.29. The van der Waals surface area contributed by atoms with Crippen LogP contribution in [0.15, 0.2) is 51.0 Å². The molecule has 1 saturated heterocycles. The SMILES string of the molecule is Cc1ccc(-n2[nH]c(C)c(C=Nc3cc4[nH]c(=O)[nH]c4cc3N3CCCCC3)c2=O)cc1. The second-order valence-corrected chi connectivity index (χ2v) is 8.40. The summed E-state index contributed by atoms with van der Waals surface area (Å²) in [4.78, 5) is 37.5. The Labute approximate surface area is 184 Å². The van der Waals surface area contributed by atoms with Gasteiger partial charge in [0, 0.05) is 25.0 Å². The lowest BCUT2D eigenvalue weighted by Crippen LogP contribution is -2.29. The third-order valence-electron chi connectivity index (χ3n) is 6.05. The van der Waals surface area contributed by atoms with E-state index >= 15 is 0 Å². The first-order chi connectivity index (χ1) is 15.5. The van der Waals surface area contributed by atoms with Crippen molar-refractivity contribution in [2.45, 2.75) is 33.1 Å². The minimum atomic E-state index is -0.242. The van der Waals surface area contributed by atoms with Crippen molar-refractivity contribution in [1.82, 2.24) is 19.7 Å². The number of nitrogens with zero attached hydrogens (tertiary/aromatic N) is 3. The molecule has 0 aliphatic carbocycles. The van der Waals surface area contributed by atoms with E-state index in [9.17, 15) is 9.59 Å². The number of piperidine rings is 1. The fourth-order valence-corrected chi connectivity index (χ4v) is 4.27. The smallest absolute Gasteiger partial charge is 0.323 e. The van der Waals surface area contributed by atoms with Crippen LogP contribution in [0.5, 0.6) is 0 Å². The summed E-state index contributed by atoms with van der Waals surface area (Å²) in [7, 11) is 0. The van der Waals surface area contributed by atoms with E-state index in [0.717, 1.165) is 59.8 Å². The second kappa shape index (κ2) is 8.03. The molecule has 8 nitrogen and oxygen atoms in total. The third-order valence-corrected chi connectivity index (χ3v) is 6.05. The fraction of sp³-hybridized carbons (Fsp3) is 0.292. The van der Waals surface area contributed by atoms with Crippen LogP contribution >= 0.6 is 0 Å². The zero-order valence-corrected chi connectivity index (χ0v) is 18.2. The molecule has 0 amide bonds. The Kier molecular flexibility index (Phi) is 5.05. The molecule has 1 aliphatic rings. The van der Waals surface area contributed by atoms with Gasteiger partial charge in [0.05, 0.1) is 33.7 Å². The highest BCUT2D eigenvalue weighted by molar-refractivity contribution is 5.91. The number of hydrogen-bond acceptors (Lipinski definition) is 4.